The van der Waals surface area contributed by atoms with E-state index in [4.69, 9.17) is 28.8 Å². The van der Waals surface area contributed by atoms with Crippen LogP contribution in [-0.4, -0.2) is 26.2 Å². The summed E-state index contributed by atoms with van der Waals surface area (Å²) in [6.45, 7) is 2.05. The summed E-state index contributed by atoms with van der Waals surface area (Å²) in [4.78, 5) is 23.7. The van der Waals surface area contributed by atoms with Crippen molar-refractivity contribution < 1.29 is 27.8 Å². The topological polar surface area (TPSA) is 114 Å². The fraction of sp³-hybridized carbons (Fsp3) is 0.182. The van der Waals surface area contributed by atoms with Gasteiger partial charge in [0.1, 0.15) is 35.9 Å². The van der Waals surface area contributed by atoms with Gasteiger partial charge in [-0.3, -0.25) is 9.59 Å². The van der Waals surface area contributed by atoms with E-state index < -0.39 is 5.91 Å². The van der Waals surface area contributed by atoms with Crippen LogP contribution in [0.1, 0.15) is 16.1 Å². The van der Waals surface area contributed by atoms with E-state index >= 15 is 0 Å². The molecule has 0 bridgehead atoms. The summed E-state index contributed by atoms with van der Waals surface area (Å²) in [6, 6.07) is 9.57. The van der Waals surface area contributed by atoms with Gasteiger partial charge in [-0.1, -0.05) is 0 Å². The molecule has 0 aliphatic rings. The molecule has 4 rings (SSSR count). The van der Waals surface area contributed by atoms with Crippen LogP contribution in [0, 0.1) is 6.92 Å². The zero-order valence-corrected chi connectivity index (χ0v) is 16.4. The Kier molecular flexibility index (Phi) is 5.05. The van der Waals surface area contributed by atoms with Gasteiger partial charge in [-0.05, 0) is 37.3 Å². The summed E-state index contributed by atoms with van der Waals surface area (Å²) in [5.74, 6) is 1.18. The average molecular weight is 409 g/mol. The Morgan fingerprint density at radius 2 is 1.77 bits per heavy atom. The van der Waals surface area contributed by atoms with Gasteiger partial charge < -0.3 is 28.8 Å². The minimum Gasteiger partial charge on any atom is -0.495 e. The van der Waals surface area contributed by atoms with Crippen LogP contribution in [0.2, 0.25) is 0 Å². The molecule has 0 saturated heterocycles. The van der Waals surface area contributed by atoms with E-state index in [1.165, 1.54) is 19.4 Å². The molecule has 2 aromatic carbocycles. The number of rotatable bonds is 7. The third kappa shape index (κ3) is 3.43. The second-order valence-corrected chi connectivity index (χ2v) is 6.54. The Morgan fingerprint density at radius 1 is 1.03 bits per heavy atom. The highest BCUT2D eigenvalue weighted by molar-refractivity contribution is 6.06. The predicted molar refractivity (Wildman–Crippen MR) is 109 cm³/mol. The van der Waals surface area contributed by atoms with Gasteiger partial charge in [0.05, 0.1) is 18.8 Å². The first-order valence-corrected chi connectivity index (χ1v) is 9.16. The number of primary amides is 1. The Morgan fingerprint density at radius 3 is 2.47 bits per heavy atom. The molecule has 4 aromatic rings. The van der Waals surface area contributed by atoms with E-state index in [1.807, 2.05) is 0 Å². The monoisotopic (exact) mass is 409 g/mol. The van der Waals surface area contributed by atoms with Crippen molar-refractivity contribution in [3.8, 4) is 17.2 Å². The third-order valence-electron chi connectivity index (χ3n) is 4.56. The Hall–Kier alpha value is -3.94. The second kappa shape index (κ2) is 7.82. The lowest BCUT2D eigenvalue weighted by molar-refractivity contribution is 0.1000. The van der Waals surface area contributed by atoms with Gasteiger partial charge >= 0.3 is 0 Å². The number of benzene rings is 2. The zero-order valence-electron chi connectivity index (χ0n) is 16.4. The predicted octanol–water partition coefficient (Wildman–Crippen LogP) is 3.41. The number of ether oxygens (including phenoxy) is 3. The number of hydrogen-bond donors (Lipinski definition) is 1. The van der Waals surface area contributed by atoms with E-state index in [1.54, 1.807) is 37.3 Å². The molecule has 0 aliphatic carbocycles. The van der Waals surface area contributed by atoms with Gasteiger partial charge in [-0.2, -0.15) is 0 Å². The molecule has 8 nitrogen and oxygen atoms in total. The van der Waals surface area contributed by atoms with E-state index in [2.05, 4.69) is 0 Å². The lowest BCUT2D eigenvalue weighted by Gasteiger charge is -2.13. The fourth-order valence-electron chi connectivity index (χ4n) is 3.25. The maximum absolute atomic E-state index is 12.6. The molecule has 0 radical (unpaired) electrons. The Bertz CT molecular complexity index is 1290. The molecule has 0 aliphatic heterocycles. The summed E-state index contributed by atoms with van der Waals surface area (Å²) in [7, 11) is 1.48. The summed E-state index contributed by atoms with van der Waals surface area (Å²) in [5.41, 5.74) is 6.06. The Labute approximate surface area is 170 Å². The molecule has 2 N–H and O–H groups in total. The summed E-state index contributed by atoms with van der Waals surface area (Å²) in [6.07, 6.45) is 1.49. The van der Waals surface area contributed by atoms with Crippen molar-refractivity contribution in [1.29, 1.82) is 0 Å². The summed E-state index contributed by atoms with van der Waals surface area (Å²) in [5, 5.41) is 0.897. The normalized spacial score (nSPS) is 11.0. The molecule has 2 heterocycles. The summed E-state index contributed by atoms with van der Waals surface area (Å²) >= 11 is 0. The Balaban J connectivity index is 1.61. The minimum atomic E-state index is -0.504. The van der Waals surface area contributed by atoms with Crippen LogP contribution in [0.15, 0.2) is 56.3 Å². The van der Waals surface area contributed by atoms with Crippen LogP contribution in [0.25, 0.3) is 21.9 Å². The molecular formula is C22H19NO7. The highest BCUT2D eigenvalue weighted by atomic mass is 16.5. The number of amides is 1. The molecule has 0 spiro atoms. The first-order chi connectivity index (χ1) is 14.5. The van der Waals surface area contributed by atoms with Crippen molar-refractivity contribution in [3.63, 3.8) is 0 Å². The molecule has 0 unspecified atom stereocenters. The maximum Gasteiger partial charge on any atom is 0.248 e. The van der Waals surface area contributed by atoms with Crippen LogP contribution < -0.4 is 25.4 Å². The van der Waals surface area contributed by atoms with Gasteiger partial charge in [0.2, 0.25) is 11.7 Å². The van der Waals surface area contributed by atoms with Crippen LogP contribution in [0.3, 0.4) is 0 Å². The molecule has 1 amide bonds. The molecule has 0 saturated carbocycles. The quantitative estimate of drug-likeness (QED) is 0.465. The van der Waals surface area contributed by atoms with Crippen LogP contribution in [0.5, 0.6) is 17.2 Å². The molecule has 0 atom stereocenters. The molecule has 2 aromatic heterocycles. The van der Waals surface area contributed by atoms with Crippen molar-refractivity contribution in [1.82, 2.24) is 0 Å². The lowest BCUT2D eigenvalue weighted by atomic mass is 10.1. The van der Waals surface area contributed by atoms with Crippen LogP contribution >= 0.6 is 0 Å². The number of carbonyl (C=O) groups excluding carboxylic acids is 1. The highest BCUT2D eigenvalue weighted by Crippen LogP contribution is 2.42. The van der Waals surface area contributed by atoms with E-state index in [0.717, 1.165) is 0 Å². The first-order valence-electron chi connectivity index (χ1n) is 9.16. The third-order valence-corrected chi connectivity index (χ3v) is 4.56. The minimum absolute atomic E-state index is 0.159. The van der Waals surface area contributed by atoms with Gasteiger partial charge in [-0.15, -0.1) is 0 Å². The van der Waals surface area contributed by atoms with Gasteiger partial charge in [-0.25, -0.2) is 0 Å². The second-order valence-electron chi connectivity index (χ2n) is 6.54. The van der Waals surface area contributed by atoms with E-state index in [9.17, 15) is 9.59 Å². The first kappa shape index (κ1) is 19.4. The van der Waals surface area contributed by atoms with E-state index in [-0.39, 0.29) is 29.6 Å². The van der Waals surface area contributed by atoms with Crippen LogP contribution in [-0.2, 0) is 0 Å². The van der Waals surface area contributed by atoms with Crippen molar-refractivity contribution in [2.24, 2.45) is 5.73 Å². The largest absolute Gasteiger partial charge is 0.495 e. The summed E-state index contributed by atoms with van der Waals surface area (Å²) < 4.78 is 28.4. The van der Waals surface area contributed by atoms with Gasteiger partial charge in [0, 0.05) is 11.6 Å². The van der Waals surface area contributed by atoms with E-state index in [0.29, 0.717) is 39.5 Å². The number of fused-ring (bicyclic) bond motifs is 2. The number of aryl methyl sites for hydroxylation is 1. The van der Waals surface area contributed by atoms with Crippen molar-refractivity contribution in [2.75, 3.05) is 20.3 Å². The zero-order chi connectivity index (χ0) is 21.3. The highest BCUT2D eigenvalue weighted by Gasteiger charge is 2.22. The molecular weight excluding hydrogens is 390 g/mol. The maximum atomic E-state index is 12.6. The number of furan rings is 1. The SMILES string of the molecule is COc1c2ccoc2c(OCCOc2ccc(C(N)=O)cc2)c2oc(C)cc(=O)c12. The molecule has 0 fully saturated rings. The van der Waals surface area contributed by atoms with Crippen molar-refractivity contribution in [2.45, 2.75) is 6.92 Å². The fourth-order valence-corrected chi connectivity index (χ4v) is 3.25. The number of nitrogens with two attached hydrogens (primary N) is 1. The molecule has 30 heavy (non-hydrogen) atoms. The van der Waals surface area contributed by atoms with Crippen molar-refractivity contribution >= 4 is 27.8 Å². The molecule has 154 valence electrons. The molecule has 8 heteroatoms. The average Bonchev–Trinajstić information content (AvgIpc) is 3.20. The lowest BCUT2D eigenvalue weighted by Crippen LogP contribution is -2.12. The van der Waals surface area contributed by atoms with Crippen molar-refractivity contribution in [3.05, 3.63) is 64.2 Å². The van der Waals surface area contributed by atoms with Gasteiger partial charge in [0.25, 0.3) is 0 Å². The smallest absolute Gasteiger partial charge is 0.248 e. The van der Waals surface area contributed by atoms with Crippen LogP contribution in [0.4, 0.5) is 0 Å². The number of hydrogen-bond acceptors (Lipinski definition) is 7. The standard InChI is InChI=1S/C22H19NO7/c1-12-11-16(24)17-18(26-2)15-7-8-28-19(15)21(20(17)30-12)29-10-9-27-14-5-3-13(4-6-14)22(23)25/h3-8,11H,9-10H2,1-2H3,(H2,23,25). The van der Waals surface area contributed by atoms with Gasteiger partial charge in [0.15, 0.2) is 16.6 Å². The number of carbonyl (C=O) groups is 1. The number of methoxy groups -OCH3 is 1.